The van der Waals surface area contributed by atoms with Gasteiger partial charge in [0.15, 0.2) is 0 Å². The van der Waals surface area contributed by atoms with Gasteiger partial charge in [-0.25, -0.2) is 0 Å². The smallest absolute Gasteiger partial charge is 0.306 e. The van der Waals surface area contributed by atoms with E-state index in [1.807, 2.05) is 30.3 Å². The number of hydrogen-bond acceptors (Lipinski definition) is 3. The molecule has 2 fully saturated rings. The van der Waals surface area contributed by atoms with Gasteiger partial charge in [-0.2, -0.15) is 0 Å². The van der Waals surface area contributed by atoms with E-state index in [0.717, 1.165) is 5.56 Å². The number of carbonyl (C=O) groups excluding carboxylic acids is 2. The van der Waals surface area contributed by atoms with Gasteiger partial charge in [-0.1, -0.05) is 30.3 Å². The monoisotopic (exact) mass is 330 g/mol. The average molecular weight is 330 g/mol. The molecule has 6 heteroatoms. The second-order valence-corrected chi connectivity index (χ2v) is 6.60. The molecule has 1 N–H and O–H groups in total. The predicted octanol–water partition coefficient (Wildman–Crippen LogP) is 1.36. The molecule has 1 aromatic carbocycles. The van der Waals surface area contributed by atoms with Gasteiger partial charge in [-0.05, 0) is 18.4 Å². The van der Waals surface area contributed by atoms with Crippen LogP contribution in [-0.2, 0) is 20.9 Å². The van der Waals surface area contributed by atoms with E-state index in [1.165, 1.54) is 0 Å². The zero-order valence-electron chi connectivity index (χ0n) is 13.6. The van der Waals surface area contributed by atoms with Crippen molar-refractivity contribution in [2.24, 2.45) is 11.8 Å². The molecule has 24 heavy (non-hydrogen) atoms. The van der Waals surface area contributed by atoms with Gasteiger partial charge in [0, 0.05) is 32.6 Å². The summed E-state index contributed by atoms with van der Waals surface area (Å²) in [5.74, 6) is -1.44. The Labute approximate surface area is 141 Å². The maximum atomic E-state index is 12.6. The van der Waals surface area contributed by atoms with Crippen LogP contribution in [0.3, 0.4) is 0 Å². The number of rotatable bonds is 4. The highest BCUT2D eigenvalue weighted by atomic mass is 16.4. The number of carbonyl (C=O) groups is 3. The fourth-order valence-corrected chi connectivity index (χ4v) is 3.50. The third kappa shape index (κ3) is 3.58. The molecule has 6 nitrogen and oxygen atoms in total. The minimum Gasteiger partial charge on any atom is -0.481 e. The average Bonchev–Trinajstić information content (AvgIpc) is 2.96. The van der Waals surface area contributed by atoms with Gasteiger partial charge in [0.05, 0.1) is 11.8 Å². The Morgan fingerprint density at radius 3 is 2.38 bits per heavy atom. The van der Waals surface area contributed by atoms with Crippen molar-refractivity contribution in [3.8, 4) is 0 Å². The van der Waals surface area contributed by atoms with E-state index < -0.39 is 5.97 Å². The third-order valence-electron chi connectivity index (χ3n) is 4.94. The van der Waals surface area contributed by atoms with Gasteiger partial charge in [0.25, 0.3) is 0 Å². The second kappa shape index (κ2) is 7.03. The van der Waals surface area contributed by atoms with Crippen LogP contribution < -0.4 is 0 Å². The highest BCUT2D eigenvalue weighted by Gasteiger charge is 2.37. The van der Waals surface area contributed by atoms with Crippen LogP contribution >= 0.6 is 0 Å². The summed E-state index contributed by atoms with van der Waals surface area (Å²) in [6.45, 7) is 1.92. The number of amides is 2. The summed E-state index contributed by atoms with van der Waals surface area (Å²) < 4.78 is 0. The fraction of sp³-hybridized carbons (Fsp3) is 0.500. The van der Waals surface area contributed by atoms with Crippen molar-refractivity contribution in [3.63, 3.8) is 0 Å². The summed E-state index contributed by atoms with van der Waals surface area (Å²) in [6, 6.07) is 9.75. The number of nitrogens with zero attached hydrogens (tertiary/aromatic N) is 2. The molecular formula is C18H22N2O4. The Balaban J connectivity index is 1.55. The van der Waals surface area contributed by atoms with E-state index >= 15 is 0 Å². The number of piperidine rings is 1. The molecule has 0 radical (unpaired) electrons. The quantitative estimate of drug-likeness (QED) is 0.904. The van der Waals surface area contributed by atoms with E-state index in [9.17, 15) is 14.4 Å². The van der Waals surface area contributed by atoms with E-state index in [1.54, 1.807) is 9.80 Å². The Morgan fingerprint density at radius 1 is 1.08 bits per heavy atom. The molecule has 128 valence electrons. The van der Waals surface area contributed by atoms with Crippen molar-refractivity contribution < 1.29 is 19.5 Å². The topological polar surface area (TPSA) is 77.9 Å². The lowest BCUT2D eigenvalue weighted by atomic mass is 9.95. The SMILES string of the molecule is O=C(O)C1CCN(C(=O)[C@@H]2CC(=O)N(Cc3ccccc3)C2)CC1. The van der Waals surface area contributed by atoms with Gasteiger partial charge in [-0.3, -0.25) is 14.4 Å². The summed E-state index contributed by atoms with van der Waals surface area (Å²) in [6.07, 6.45) is 1.25. The fourth-order valence-electron chi connectivity index (χ4n) is 3.50. The summed E-state index contributed by atoms with van der Waals surface area (Å²) in [7, 11) is 0. The van der Waals surface area contributed by atoms with Gasteiger partial charge in [0.1, 0.15) is 0 Å². The highest BCUT2D eigenvalue weighted by Crippen LogP contribution is 2.25. The molecule has 0 unspecified atom stereocenters. The van der Waals surface area contributed by atoms with Crippen molar-refractivity contribution in [1.29, 1.82) is 0 Å². The van der Waals surface area contributed by atoms with Crippen molar-refractivity contribution >= 4 is 17.8 Å². The molecule has 2 heterocycles. The molecule has 0 spiro atoms. The molecule has 3 rings (SSSR count). The number of aliphatic carboxylic acids is 1. The van der Waals surface area contributed by atoms with Crippen LogP contribution in [0.2, 0.25) is 0 Å². The molecular weight excluding hydrogens is 308 g/mol. The van der Waals surface area contributed by atoms with E-state index in [-0.39, 0.29) is 30.1 Å². The molecule has 1 atom stereocenters. The lowest BCUT2D eigenvalue weighted by Gasteiger charge is -2.31. The van der Waals surface area contributed by atoms with Crippen molar-refractivity contribution in [2.75, 3.05) is 19.6 Å². The minimum absolute atomic E-state index is 0.0113. The normalized spacial score (nSPS) is 22.0. The Bertz CT molecular complexity index is 623. The van der Waals surface area contributed by atoms with E-state index in [2.05, 4.69) is 0 Å². The van der Waals surface area contributed by atoms with Gasteiger partial charge < -0.3 is 14.9 Å². The number of carboxylic acid groups (broad SMARTS) is 1. The summed E-state index contributed by atoms with van der Waals surface area (Å²) in [4.78, 5) is 39.3. The number of benzene rings is 1. The van der Waals surface area contributed by atoms with Crippen LogP contribution in [0.5, 0.6) is 0 Å². The van der Waals surface area contributed by atoms with Gasteiger partial charge >= 0.3 is 5.97 Å². The standard InChI is InChI=1S/C18H22N2O4/c21-16-10-15(12-20(16)11-13-4-2-1-3-5-13)17(22)19-8-6-14(7-9-19)18(23)24/h1-5,14-15H,6-12H2,(H,23,24)/t15-/m1/s1. The lowest BCUT2D eigenvalue weighted by Crippen LogP contribution is -2.43. The Morgan fingerprint density at radius 2 is 1.75 bits per heavy atom. The molecule has 0 aliphatic carbocycles. The van der Waals surface area contributed by atoms with Crippen molar-refractivity contribution in [1.82, 2.24) is 9.80 Å². The lowest BCUT2D eigenvalue weighted by molar-refractivity contribution is -0.146. The molecule has 1 aromatic rings. The largest absolute Gasteiger partial charge is 0.481 e. The van der Waals surface area contributed by atoms with Crippen LogP contribution in [0, 0.1) is 11.8 Å². The Kier molecular flexibility index (Phi) is 4.83. The molecule has 2 aliphatic heterocycles. The highest BCUT2D eigenvalue weighted by molar-refractivity contribution is 5.89. The molecule has 0 saturated carbocycles. The van der Waals surface area contributed by atoms with Crippen molar-refractivity contribution in [3.05, 3.63) is 35.9 Å². The van der Waals surface area contributed by atoms with Gasteiger partial charge in [-0.15, -0.1) is 0 Å². The van der Waals surface area contributed by atoms with Crippen LogP contribution in [0.4, 0.5) is 0 Å². The first-order chi connectivity index (χ1) is 11.5. The number of likely N-dealkylation sites (tertiary alicyclic amines) is 2. The molecule has 2 amide bonds. The van der Waals surface area contributed by atoms with Crippen LogP contribution in [0.1, 0.15) is 24.8 Å². The van der Waals surface area contributed by atoms with E-state index in [4.69, 9.17) is 5.11 Å². The summed E-state index contributed by atoms with van der Waals surface area (Å²) in [5, 5.41) is 9.03. The second-order valence-electron chi connectivity index (χ2n) is 6.60. The van der Waals surface area contributed by atoms with E-state index in [0.29, 0.717) is 39.0 Å². The summed E-state index contributed by atoms with van der Waals surface area (Å²) >= 11 is 0. The predicted molar refractivity (Wildman–Crippen MR) is 86.9 cm³/mol. The van der Waals surface area contributed by atoms with Gasteiger partial charge in [0.2, 0.25) is 11.8 Å². The first-order valence-corrected chi connectivity index (χ1v) is 8.38. The third-order valence-corrected chi connectivity index (χ3v) is 4.94. The Hall–Kier alpha value is -2.37. The minimum atomic E-state index is -0.785. The molecule has 2 saturated heterocycles. The number of carboxylic acids is 1. The first-order valence-electron chi connectivity index (χ1n) is 8.38. The summed E-state index contributed by atoms with van der Waals surface area (Å²) in [5.41, 5.74) is 1.06. The first kappa shape index (κ1) is 16.5. The molecule has 2 aliphatic rings. The zero-order valence-corrected chi connectivity index (χ0v) is 13.6. The maximum absolute atomic E-state index is 12.6. The zero-order chi connectivity index (χ0) is 17.1. The molecule has 0 aromatic heterocycles. The van der Waals surface area contributed by atoms with Crippen LogP contribution in [0.25, 0.3) is 0 Å². The maximum Gasteiger partial charge on any atom is 0.306 e. The molecule has 0 bridgehead atoms. The van der Waals surface area contributed by atoms with Crippen LogP contribution in [0.15, 0.2) is 30.3 Å². The van der Waals surface area contributed by atoms with Crippen LogP contribution in [-0.4, -0.2) is 52.3 Å². The number of hydrogen-bond donors (Lipinski definition) is 1. The van der Waals surface area contributed by atoms with Crippen molar-refractivity contribution in [2.45, 2.75) is 25.8 Å².